The van der Waals surface area contributed by atoms with Crippen LogP contribution in [0, 0.1) is 16.0 Å². The highest BCUT2D eigenvalue weighted by Gasteiger charge is 2.16. The Kier molecular flexibility index (Phi) is 7.71. The van der Waals surface area contributed by atoms with E-state index in [4.69, 9.17) is 0 Å². The second kappa shape index (κ2) is 9.77. The van der Waals surface area contributed by atoms with Crippen LogP contribution in [0.2, 0.25) is 0 Å². The minimum atomic E-state index is -0.423. The highest BCUT2D eigenvalue weighted by atomic mass is 32.2. The highest BCUT2D eigenvalue weighted by molar-refractivity contribution is 8.00. The van der Waals surface area contributed by atoms with Gasteiger partial charge in [0.25, 0.3) is 5.69 Å². The van der Waals surface area contributed by atoms with Crippen molar-refractivity contribution in [3.05, 3.63) is 34.4 Å². The lowest BCUT2D eigenvalue weighted by molar-refractivity contribution is -0.384. The van der Waals surface area contributed by atoms with Gasteiger partial charge in [-0.3, -0.25) is 14.9 Å². The first kappa shape index (κ1) is 19.7. The highest BCUT2D eigenvalue weighted by Crippen LogP contribution is 2.25. The number of hydrogen-bond acceptors (Lipinski definition) is 5. The lowest BCUT2D eigenvalue weighted by atomic mass is 9.99. The Morgan fingerprint density at radius 3 is 2.60 bits per heavy atom. The molecule has 0 radical (unpaired) electrons. The third-order valence-electron chi connectivity index (χ3n) is 4.56. The van der Waals surface area contributed by atoms with Crippen molar-refractivity contribution in [1.29, 1.82) is 0 Å². The molecule has 2 rings (SSSR count). The fraction of sp³-hybridized carbons (Fsp3) is 0.611. The van der Waals surface area contributed by atoms with E-state index in [9.17, 15) is 14.9 Å². The molecule has 1 atom stereocenters. The average molecular weight is 365 g/mol. The van der Waals surface area contributed by atoms with Crippen LogP contribution < -0.4 is 5.32 Å². The van der Waals surface area contributed by atoms with Crippen LogP contribution in [0.1, 0.15) is 33.1 Å². The zero-order valence-corrected chi connectivity index (χ0v) is 15.8. The summed E-state index contributed by atoms with van der Waals surface area (Å²) >= 11 is 1.41. The Morgan fingerprint density at radius 1 is 1.36 bits per heavy atom. The molecule has 1 aliphatic rings. The van der Waals surface area contributed by atoms with Gasteiger partial charge >= 0.3 is 0 Å². The Bertz CT molecular complexity index is 571. The number of carbonyl (C=O) groups excluding carboxylic acids is 1. The molecule has 25 heavy (non-hydrogen) atoms. The zero-order valence-electron chi connectivity index (χ0n) is 14.9. The molecule has 1 N–H and O–H groups in total. The molecule has 7 heteroatoms. The first-order chi connectivity index (χ1) is 12.0. The maximum atomic E-state index is 12.2. The van der Waals surface area contributed by atoms with Gasteiger partial charge in [-0.05, 0) is 63.9 Å². The number of non-ortho nitro benzene ring substituents is 1. The van der Waals surface area contributed by atoms with Gasteiger partial charge < -0.3 is 10.2 Å². The fourth-order valence-corrected chi connectivity index (χ4v) is 3.74. The van der Waals surface area contributed by atoms with Gasteiger partial charge in [-0.15, -0.1) is 11.8 Å². The maximum Gasteiger partial charge on any atom is 0.269 e. The van der Waals surface area contributed by atoms with Crippen LogP contribution in [0.5, 0.6) is 0 Å². The number of nitro groups is 1. The molecule has 0 spiro atoms. The number of thioether (sulfide) groups is 1. The van der Waals surface area contributed by atoms with Gasteiger partial charge in [0.05, 0.1) is 10.2 Å². The van der Waals surface area contributed by atoms with E-state index in [1.165, 1.54) is 49.8 Å². The number of nitrogens with one attached hydrogen (secondary N) is 1. The van der Waals surface area contributed by atoms with Gasteiger partial charge in [0.2, 0.25) is 5.91 Å². The van der Waals surface area contributed by atoms with Crippen LogP contribution in [-0.4, -0.2) is 47.2 Å². The second-order valence-corrected chi connectivity index (χ2v) is 8.09. The predicted octanol–water partition coefficient (Wildman–Crippen LogP) is 3.31. The number of hydrogen-bond donors (Lipinski definition) is 1. The van der Waals surface area contributed by atoms with E-state index in [1.807, 2.05) is 6.92 Å². The van der Waals surface area contributed by atoms with Crippen LogP contribution in [-0.2, 0) is 4.79 Å². The first-order valence-electron chi connectivity index (χ1n) is 8.87. The van der Waals surface area contributed by atoms with Crippen molar-refractivity contribution >= 4 is 23.4 Å². The van der Waals surface area contributed by atoms with Crippen LogP contribution in [0.3, 0.4) is 0 Å². The largest absolute Gasteiger partial charge is 0.355 e. The summed E-state index contributed by atoms with van der Waals surface area (Å²) in [5.41, 5.74) is 0.0635. The summed E-state index contributed by atoms with van der Waals surface area (Å²) in [5, 5.41) is 13.4. The smallest absolute Gasteiger partial charge is 0.269 e. The minimum absolute atomic E-state index is 0.00983. The fourth-order valence-electron chi connectivity index (χ4n) is 2.85. The molecule has 0 saturated carbocycles. The maximum absolute atomic E-state index is 12.2. The average Bonchev–Trinajstić information content (AvgIpc) is 2.60. The van der Waals surface area contributed by atoms with Gasteiger partial charge in [-0.1, -0.05) is 6.92 Å². The SMILES string of the molecule is CC1CCN(CCCNC(=O)C(C)Sc2ccc([N+](=O)[O-])cc2)CC1. The lowest BCUT2D eigenvalue weighted by Crippen LogP contribution is -2.36. The summed E-state index contributed by atoms with van der Waals surface area (Å²) in [4.78, 5) is 25.7. The molecule has 0 aliphatic carbocycles. The number of amides is 1. The summed E-state index contributed by atoms with van der Waals surface area (Å²) in [7, 11) is 0. The Hall–Kier alpha value is -1.60. The van der Waals surface area contributed by atoms with E-state index in [0.717, 1.165) is 23.8 Å². The number of nitrogens with zero attached hydrogens (tertiary/aromatic N) is 2. The molecule has 1 fully saturated rings. The number of carbonyl (C=O) groups is 1. The molecule has 0 bridgehead atoms. The van der Waals surface area contributed by atoms with Gasteiger partial charge in [0, 0.05) is 23.6 Å². The first-order valence-corrected chi connectivity index (χ1v) is 9.75. The van der Waals surface area contributed by atoms with Crippen LogP contribution in [0.25, 0.3) is 0 Å². The molecule has 6 nitrogen and oxygen atoms in total. The third-order valence-corrected chi connectivity index (χ3v) is 5.67. The Morgan fingerprint density at radius 2 is 2.00 bits per heavy atom. The summed E-state index contributed by atoms with van der Waals surface area (Å²) in [6.45, 7) is 8.23. The molecular formula is C18H27N3O3S. The van der Waals surface area contributed by atoms with E-state index in [2.05, 4.69) is 17.1 Å². The minimum Gasteiger partial charge on any atom is -0.355 e. The number of likely N-dealkylation sites (tertiary alicyclic amines) is 1. The normalized spacial score (nSPS) is 17.2. The van der Waals surface area contributed by atoms with Gasteiger partial charge in [0.15, 0.2) is 0 Å². The number of benzene rings is 1. The van der Waals surface area contributed by atoms with Crippen molar-refractivity contribution in [3.8, 4) is 0 Å². The molecule has 1 heterocycles. The Balaban J connectivity index is 1.65. The van der Waals surface area contributed by atoms with E-state index in [1.54, 1.807) is 12.1 Å². The summed E-state index contributed by atoms with van der Waals surface area (Å²) in [6, 6.07) is 6.30. The molecule has 0 aromatic heterocycles. The van der Waals surface area contributed by atoms with Crippen molar-refractivity contribution in [2.24, 2.45) is 5.92 Å². The van der Waals surface area contributed by atoms with Gasteiger partial charge in [-0.2, -0.15) is 0 Å². The second-order valence-electron chi connectivity index (χ2n) is 6.68. The van der Waals surface area contributed by atoms with Crippen LogP contribution >= 0.6 is 11.8 Å². The molecular weight excluding hydrogens is 338 g/mol. The van der Waals surface area contributed by atoms with Crippen molar-refractivity contribution in [2.45, 2.75) is 43.3 Å². The summed E-state index contributed by atoms with van der Waals surface area (Å²) in [5.74, 6) is 0.851. The molecule has 1 unspecified atom stereocenters. The molecule has 1 saturated heterocycles. The van der Waals surface area contributed by atoms with Crippen LogP contribution in [0.15, 0.2) is 29.2 Å². The van der Waals surface area contributed by atoms with Gasteiger partial charge in [0.1, 0.15) is 0 Å². The quantitative estimate of drug-likeness (QED) is 0.331. The Labute approximate surface area is 153 Å². The monoisotopic (exact) mass is 365 g/mol. The van der Waals surface area contributed by atoms with E-state index in [-0.39, 0.29) is 16.8 Å². The van der Waals surface area contributed by atoms with E-state index >= 15 is 0 Å². The number of rotatable bonds is 8. The molecule has 1 aliphatic heterocycles. The standard InChI is InChI=1S/C18H27N3O3S/c1-14-8-12-20(13-9-14)11-3-10-19-18(22)15(2)25-17-6-4-16(5-7-17)21(23)24/h4-7,14-15H,3,8-13H2,1-2H3,(H,19,22). The molecule has 1 aromatic rings. The summed E-state index contributed by atoms with van der Waals surface area (Å²) < 4.78 is 0. The number of nitro benzene ring substituents is 1. The van der Waals surface area contributed by atoms with Crippen LogP contribution in [0.4, 0.5) is 5.69 Å². The van der Waals surface area contributed by atoms with Crippen molar-refractivity contribution in [3.63, 3.8) is 0 Å². The summed E-state index contributed by atoms with van der Waals surface area (Å²) in [6.07, 6.45) is 3.51. The number of piperidine rings is 1. The van der Waals surface area contributed by atoms with Crippen molar-refractivity contribution < 1.29 is 9.72 Å². The van der Waals surface area contributed by atoms with Gasteiger partial charge in [-0.25, -0.2) is 0 Å². The predicted molar refractivity (Wildman–Crippen MR) is 101 cm³/mol. The molecule has 1 amide bonds. The third kappa shape index (κ3) is 6.66. The van der Waals surface area contributed by atoms with E-state index < -0.39 is 4.92 Å². The van der Waals surface area contributed by atoms with Crippen molar-refractivity contribution in [2.75, 3.05) is 26.2 Å². The van der Waals surface area contributed by atoms with E-state index in [0.29, 0.717) is 6.54 Å². The molecule has 1 aromatic carbocycles. The van der Waals surface area contributed by atoms with Crippen molar-refractivity contribution in [1.82, 2.24) is 10.2 Å². The topological polar surface area (TPSA) is 75.5 Å². The zero-order chi connectivity index (χ0) is 18.2. The molecule has 138 valence electrons. The lowest BCUT2D eigenvalue weighted by Gasteiger charge is -2.30.